The van der Waals surface area contributed by atoms with Gasteiger partial charge in [-0.05, 0) is 90.9 Å². The van der Waals surface area contributed by atoms with Gasteiger partial charge in [-0.1, -0.05) is 13.8 Å². The summed E-state index contributed by atoms with van der Waals surface area (Å²) in [5.74, 6) is 0.272. The van der Waals surface area contributed by atoms with E-state index in [4.69, 9.17) is 18.8 Å². The molecule has 2 unspecified atom stereocenters. The third kappa shape index (κ3) is 6.27. The van der Waals surface area contributed by atoms with Crippen LogP contribution in [0, 0.1) is 17.3 Å². The Morgan fingerprint density at radius 1 is 1.05 bits per heavy atom. The topological polar surface area (TPSA) is 103 Å². The summed E-state index contributed by atoms with van der Waals surface area (Å²) in [6.07, 6.45) is 3.39. The van der Waals surface area contributed by atoms with Gasteiger partial charge in [-0.25, -0.2) is 4.79 Å². The van der Waals surface area contributed by atoms with Crippen molar-refractivity contribution in [3.63, 3.8) is 0 Å². The van der Waals surface area contributed by atoms with Gasteiger partial charge in [-0.15, -0.1) is 0 Å². The Bertz CT molecular complexity index is 896. The van der Waals surface area contributed by atoms with E-state index in [1.54, 1.807) is 46.4 Å². The molecule has 208 valence electrons. The van der Waals surface area contributed by atoms with Gasteiger partial charge in [0.15, 0.2) is 0 Å². The summed E-state index contributed by atoms with van der Waals surface area (Å²) >= 11 is 0. The SMILES string of the molecule is CC(C)(C)OC(=O)CCC(NC(=O)OC(C)(C)C)C(=O)N1CCCC1B1O[C@H]2[C@H]3C[C@@H](C[C@H]2O1)C3(C)C. The number of esters is 1. The average molecular weight is 520 g/mol. The van der Waals surface area contributed by atoms with Crippen LogP contribution in [0.1, 0.15) is 93.9 Å². The fraction of sp³-hybridized carbons (Fsp3) is 0.889. The molecule has 1 N–H and O–H groups in total. The van der Waals surface area contributed by atoms with Crippen molar-refractivity contribution in [2.75, 3.05) is 6.54 Å². The molecule has 3 aliphatic carbocycles. The summed E-state index contributed by atoms with van der Waals surface area (Å²) in [4.78, 5) is 40.6. The second kappa shape index (κ2) is 10.1. The van der Waals surface area contributed by atoms with Gasteiger partial charge in [0.05, 0.1) is 18.1 Å². The Labute approximate surface area is 221 Å². The number of nitrogens with zero attached hydrogens (tertiary/aromatic N) is 1. The molecule has 2 bridgehead atoms. The van der Waals surface area contributed by atoms with Crippen LogP contribution in [0.5, 0.6) is 0 Å². The molecule has 0 spiro atoms. The van der Waals surface area contributed by atoms with E-state index in [-0.39, 0.29) is 42.3 Å². The highest BCUT2D eigenvalue weighted by Gasteiger charge is 2.63. The van der Waals surface area contributed by atoms with Crippen LogP contribution in [-0.2, 0) is 28.4 Å². The van der Waals surface area contributed by atoms with Crippen LogP contribution in [0.15, 0.2) is 0 Å². The molecule has 2 saturated heterocycles. The zero-order valence-electron chi connectivity index (χ0n) is 23.8. The zero-order chi connectivity index (χ0) is 27.3. The number of ether oxygens (including phenoxy) is 2. The van der Waals surface area contributed by atoms with Crippen molar-refractivity contribution in [2.45, 2.75) is 129 Å². The van der Waals surface area contributed by atoms with Crippen LogP contribution < -0.4 is 5.32 Å². The molecule has 0 aromatic carbocycles. The summed E-state index contributed by atoms with van der Waals surface area (Å²) in [7, 11) is -0.468. The molecule has 9 nitrogen and oxygen atoms in total. The summed E-state index contributed by atoms with van der Waals surface area (Å²) < 4.78 is 23.7. The molecule has 2 aliphatic heterocycles. The number of alkyl carbamates (subject to hydrolysis) is 1. The van der Waals surface area contributed by atoms with E-state index >= 15 is 0 Å². The number of nitrogens with one attached hydrogen (secondary N) is 1. The Morgan fingerprint density at radius 3 is 2.35 bits per heavy atom. The van der Waals surface area contributed by atoms with Crippen LogP contribution in [0.3, 0.4) is 0 Å². The fourth-order valence-electron chi connectivity index (χ4n) is 6.45. The summed E-state index contributed by atoms with van der Waals surface area (Å²) in [6, 6.07) is -0.918. The average Bonchev–Trinajstić information content (AvgIpc) is 3.39. The molecule has 5 fully saturated rings. The quantitative estimate of drug-likeness (QED) is 0.419. The molecular weight excluding hydrogens is 475 g/mol. The number of rotatable bonds is 6. The Hall–Kier alpha value is -1.81. The molecule has 2 heterocycles. The van der Waals surface area contributed by atoms with Crippen molar-refractivity contribution in [2.24, 2.45) is 17.3 Å². The van der Waals surface area contributed by atoms with Crippen molar-refractivity contribution in [3.05, 3.63) is 0 Å². The number of hydrogen-bond donors (Lipinski definition) is 1. The molecule has 2 amide bonds. The first-order chi connectivity index (χ1) is 17.0. The smallest absolute Gasteiger partial charge is 0.460 e. The van der Waals surface area contributed by atoms with E-state index in [0.29, 0.717) is 18.4 Å². The first kappa shape index (κ1) is 28.2. The van der Waals surface area contributed by atoms with Gasteiger partial charge in [0.25, 0.3) is 0 Å². The molecular formula is C27H45BN2O7. The molecule has 3 saturated carbocycles. The van der Waals surface area contributed by atoms with Crippen molar-refractivity contribution in [1.29, 1.82) is 0 Å². The normalized spacial score (nSPS) is 31.3. The number of carbonyl (C=O) groups is 3. The largest absolute Gasteiger partial charge is 0.481 e. The van der Waals surface area contributed by atoms with Gasteiger partial charge < -0.3 is 29.0 Å². The number of carbonyl (C=O) groups excluding carboxylic acids is 3. The second-order valence-electron chi connectivity index (χ2n) is 13.8. The van der Waals surface area contributed by atoms with Crippen LogP contribution in [0.2, 0.25) is 0 Å². The minimum absolute atomic E-state index is 0.000703. The maximum Gasteiger partial charge on any atom is 0.481 e. The maximum atomic E-state index is 13.8. The fourth-order valence-corrected chi connectivity index (χ4v) is 6.45. The molecule has 0 aromatic rings. The van der Waals surface area contributed by atoms with E-state index < -0.39 is 36.4 Å². The molecule has 0 aromatic heterocycles. The van der Waals surface area contributed by atoms with E-state index in [0.717, 1.165) is 19.3 Å². The lowest BCUT2D eigenvalue weighted by Crippen LogP contribution is -2.59. The lowest BCUT2D eigenvalue weighted by molar-refractivity contribution is -0.155. The van der Waals surface area contributed by atoms with Crippen molar-refractivity contribution in [3.8, 4) is 0 Å². The Morgan fingerprint density at radius 2 is 1.73 bits per heavy atom. The van der Waals surface area contributed by atoms with Gasteiger partial charge >= 0.3 is 19.2 Å². The number of hydrogen-bond acceptors (Lipinski definition) is 7. The van der Waals surface area contributed by atoms with E-state index in [1.807, 2.05) is 0 Å². The van der Waals surface area contributed by atoms with Gasteiger partial charge in [0, 0.05) is 13.0 Å². The van der Waals surface area contributed by atoms with Crippen LogP contribution in [0.25, 0.3) is 0 Å². The molecule has 0 radical (unpaired) electrons. The molecule has 10 heteroatoms. The Balaban J connectivity index is 1.43. The third-order valence-electron chi connectivity index (χ3n) is 8.37. The summed E-state index contributed by atoms with van der Waals surface area (Å²) in [5, 5.41) is 2.71. The van der Waals surface area contributed by atoms with E-state index in [1.165, 1.54) is 6.42 Å². The third-order valence-corrected chi connectivity index (χ3v) is 8.37. The lowest BCUT2D eigenvalue weighted by atomic mass is 9.47. The molecule has 5 aliphatic rings. The maximum absolute atomic E-state index is 13.8. The van der Waals surface area contributed by atoms with Gasteiger partial charge in [-0.2, -0.15) is 0 Å². The second-order valence-corrected chi connectivity index (χ2v) is 13.8. The summed E-state index contributed by atoms with van der Waals surface area (Å²) in [5.41, 5.74) is -1.07. The van der Waals surface area contributed by atoms with Crippen molar-refractivity contribution in [1.82, 2.24) is 10.2 Å². The summed E-state index contributed by atoms with van der Waals surface area (Å²) in [6.45, 7) is 15.9. The zero-order valence-corrected chi connectivity index (χ0v) is 23.8. The highest BCUT2D eigenvalue weighted by atomic mass is 16.7. The van der Waals surface area contributed by atoms with E-state index in [9.17, 15) is 14.4 Å². The highest BCUT2D eigenvalue weighted by molar-refractivity contribution is 6.47. The first-order valence-corrected chi connectivity index (χ1v) is 13.9. The van der Waals surface area contributed by atoms with E-state index in [2.05, 4.69) is 19.2 Å². The van der Waals surface area contributed by atoms with Crippen LogP contribution in [0.4, 0.5) is 4.79 Å². The molecule has 37 heavy (non-hydrogen) atoms. The predicted molar refractivity (Wildman–Crippen MR) is 138 cm³/mol. The lowest BCUT2D eigenvalue weighted by Gasteiger charge is -2.60. The van der Waals surface area contributed by atoms with Gasteiger partial charge in [0.2, 0.25) is 5.91 Å². The first-order valence-electron chi connectivity index (χ1n) is 13.9. The highest BCUT2D eigenvalue weighted by Crippen LogP contribution is 2.61. The monoisotopic (exact) mass is 520 g/mol. The standard InChI is InChI=1S/C27H45BN2O7/c1-25(2,3)34-21(31)12-11-18(29-24(33)35-26(4,5)6)23(32)30-13-9-10-20(30)28-36-19-15-16-14-17(22(19)37-28)27(16,7)8/h16-20,22H,9-15H2,1-8H3,(H,29,33)/t16-,17+,18?,19+,20?,22-/m0/s1. The van der Waals surface area contributed by atoms with Gasteiger partial charge in [0.1, 0.15) is 17.2 Å². The number of amides is 2. The Kier molecular flexibility index (Phi) is 7.67. The minimum Gasteiger partial charge on any atom is -0.460 e. The van der Waals surface area contributed by atoms with Crippen molar-refractivity contribution >= 4 is 25.1 Å². The van der Waals surface area contributed by atoms with Crippen LogP contribution >= 0.6 is 0 Å². The molecule has 6 atom stereocenters. The minimum atomic E-state index is -0.918. The molecule has 5 rings (SSSR count). The predicted octanol–water partition coefficient (Wildman–Crippen LogP) is 3.87. The number of likely N-dealkylation sites (tertiary alicyclic amines) is 1. The van der Waals surface area contributed by atoms with Crippen LogP contribution in [-0.4, -0.2) is 71.9 Å². The van der Waals surface area contributed by atoms with Crippen molar-refractivity contribution < 1.29 is 33.2 Å². The van der Waals surface area contributed by atoms with Gasteiger partial charge in [-0.3, -0.25) is 9.59 Å².